The minimum atomic E-state index is -0.134. The zero-order valence-electron chi connectivity index (χ0n) is 18.0. The fraction of sp³-hybridized carbons (Fsp3) is 0.480. The van der Waals surface area contributed by atoms with Crippen LogP contribution in [0.2, 0.25) is 0 Å². The lowest BCUT2D eigenvalue weighted by Crippen LogP contribution is -2.84. The van der Waals surface area contributed by atoms with Crippen molar-refractivity contribution in [2.45, 2.75) is 50.2 Å². The average molecular weight is 419 g/mol. The maximum absolute atomic E-state index is 12.7. The number of allylic oxidation sites excluding steroid dienone is 1. The molecule has 1 aliphatic carbocycles. The molecule has 1 amide bonds. The molecule has 1 aromatic carbocycles. The fourth-order valence-electron chi connectivity index (χ4n) is 5.46. The Bertz CT molecular complexity index is 949. The van der Waals surface area contributed by atoms with E-state index in [9.17, 15) is 9.90 Å². The van der Waals surface area contributed by atoms with E-state index in [0.717, 1.165) is 18.7 Å². The van der Waals surface area contributed by atoms with Gasteiger partial charge < -0.3 is 10.0 Å². The molecule has 1 saturated carbocycles. The summed E-state index contributed by atoms with van der Waals surface area (Å²) in [6.07, 6.45) is 12.4. The first kappa shape index (κ1) is 20.3. The predicted octanol–water partition coefficient (Wildman–Crippen LogP) is 2.85. The monoisotopic (exact) mass is 418 g/mol. The van der Waals surface area contributed by atoms with Gasteiger partial charge in [-0.2, -0.15) is 0 Å². The lowest BCUT2D eigenvalue weighted by Gasteiger charge is -2.70. The smallest absolute Gasteiger partial charge is 0.222 e. The van der Waals surface area contributed by atoms with E-state index >= 15 is 0 Å². The highest BCUT2D eigenvalue weighted by molar-refractivity contribution is 5.78. The summed E-state index contributed by atoms with van der Waals surface area (Å²) in [5.74, 6) is 1.08. The Hall–Kier alpha value is -2.57. The molecule has 2 atom stereocenters. The van der Waals surface area contributed by atoms with Crippen LogP contribution in [0.5, 0.6) is 0 Å². The molecule has 0 bridgehead atoms. The third kappa shape index (κ3) is 3.68. The molecule has 3 fully saturated rings. The zero-order chi connectivity index (χ0) is 21.4. The van der Waals surface area contributed by atoms with Gasteiger partial charge in [0.05, 0.1) is 12.1 Å². The van der Waals surface area contributed by atoms with Crippen LogP contribution >= 0.6 is 0 Å². The number of nitrogens with zero attached hydrogens (tertiary/aromatic N) is 4. The topological polar surface area (TPSA) is 69.6 Å². The molecule has 1 aromatic heterocycles. The predicted molar refractivity (Wildman–Crippen MR) is 119 cm³/mol. The minimum absolute atomic E-state index is 0.0217. The highest BCUT2D eigenvalue weighted by atomic mass is 16.3. The van der Waals surface area contributed by atoms with E-state index in [2.05, 4.69) is 45.2 Å². The number of amides is 1. The van der Waals surface area contributed by atoms with Gasteiger partial charge in [0.25, 0.3) is 0 Å². The highest BCUT2D eigenvalue weighted by Crippen LogP contribution is 2.54. The van der Waals surface area contributed by atoms with Crippen molar-refractivity contribution in [3.8, 4) is 0 Å². The first-order valence-corrected chi connectivity index (χ1v) is 11.3. The molecule has 3 aliphatic rings. The van der Waals surface area contributed by atoms with E-state index in [0.29, 0.717) is 18.9 Å². The van der Waals surface area contributed by atoms with Crippen molar-refractivity contribution in [3.05, 3.63) is 65.8 Å². The Kier molecular flexibility index (Phi) is 5.36. The van der Waals surface area contributed by atoms with Gasteiger partial charge in [0.15, 0.2) is 0 Å². The van der Waals surface area contributed by atoms with Gasteiger partial charge in [0.1, 0.15) is 6.33 Å². The second-order valence-corrected chi connectivity index (χ2v) is 9.27. The van der Waals surface area contributed by atoms with Crippen molar-refractivity contribution in [2.75, 3.05) is 19.7 Å². The molecule has 5 rings (SSSR count). The van der Waals surface area contributed by atoms with Crippen molar-refractivity contribution < 1.29 is 9.90 Å². The van der Waals surface area contributed by atoms with E-state index < -0.39 is 0 Å². The number of hydrogen-bond acceptors (Lipinski definition) is 5. The summed E-state index contributed by atoms with van der Waals surface area (Å²) in [7, 11) is 0. The number of aliphatic hydroxyl groups excluding tert-OH is 1. The van der Waals surface area contributed by atoms with Crippen molar-refractivity contribution in [3.63, 3.8) is 0 Å². The molecule has 1 spiro atoms. The normalized spacial score (nSPS) is 24.9. The quantitative estimate of drug-likeness (QED) is 0.749. The summed E-state index contributed by atoms with van der Waals surface area (Å²) >= 11 is 0. The van der Waals surface area contributed by atoms with E-state index in [1.807, 2.05) is 30.3 Å². The lowest BCUT2D eigenvalue weighted by atomic mass is 9.60. The van der Waals surface area contributed by atoms with Crippen molar-refractivity contribution >= 4 is 12.0 Å². The van der Waals surface area contributed by atoms with Crippen LogP contribution < -0.4 is 0 Å². The second kappa shape index (κ2) is 8.17. The molecular weight excluding hydrogens is 388 g/mol. The molecule has 0 radical (unpaired) electrons. The van der Waals surface area contributed by atoms with E-state index in [1.54, 1.807) is 0 Å². The average Bonchev–Trinajstić information content (AvgIpc) is 3.56. The molecule has 2 aliphatic heterocycles. The summed E-state index contributed by atoms with van der Waals surface area (Å²) in [5, 5.41) is 10.3. The molecule has 2 aromatic rings. The summed E-state index contributed by atoms with van der Waals surface area (Å²) < 4.78 is 0. The van der Waals surface area contributed by atoms with Crippen LogP contribution in [0.25, 0.3) is 6.08 Å². The Morgan fingerprint density at radius 1 is 1.19 bits per heavy atom. The number of likely N-dealkylation sites (tertiary alicyclic amines) is 2. The number of aliphatic hydroxyl groups is 1. The Morgan fingerprint density at radius 3 is 2.52 bits per heavy atom. The number of hydrogen-bond donors (Lipinski definition) is 1. The van der Waals surface area contributed by atoms with Gasteiger partial charge in [-0.25, -0.2) is 9.97 Å². The van der Waals surface area contributed by atoms with Crippen LogP contribution in [0.4, 0.5) is 0 Å². The Balaban J connectivity index is 1.40. The number of rotatable bonds is 7. The van der Waals surface area contributed by atoms with Crippen LogP contribution in [-0.4, -0.2) is 62.1 Å². The maximum atomic E-state index is 12.7. The summed E-state index contributed by atoms with van der Waals surface area (Å²) in [6, 6.07) is 8.66. The number of carbonyl (C=O) groups is 1. The van der Waals surface area contributed by atoms with E-state index in [4.69, 9.17) is 0 Å². The van der Waals surface area contributed by atoms with Crippen molar-refractivity contribution in [2.24, 2.45) is 5.92 Å². The highest BCUT2D eigenvalue weighted by Gasteiger charge is 2.66. The first-order chi connectivity index (χ1) is 15.1. The Labute approximate surface area is 183 Å². The standard InChI is InChI=1S/C25H30N4O2/c1-2-3-18-6-8-21(9-7-18)24-22(14-30)29(13-20-11-26-17-27-12-20)25(24)15-28(16-25)23(31)10-19-4-5-19/h2-3,6-9,11-12,17,19,22,24,30H,4-5,10,13-16H2,1H3/b3-2+/t22-,24+/m0/s1. The molecule has 2 saturated heterocycles. The van der Waals surface area contributed by atoms with E-state index in [-0.39, 0.29) is 30.0 Å². The first-order valence-electron chi connectivity index (χ1n) is 11.3. The number of benzene rings is 1. The minimum Gasteiger partial charge on any atom is -0.395 e. The van der Waals surface area contributed by atoms with Gasteiger partial charge >= 0.3 is 0 Å². The van der Waals surface area contributed by atoms with Gasteiger partial charge in [-0.1, -0.05) is 36.4 Å². The largest absolute Gasteiger partial charge is 0.395 e. The van der Waals surface area contributed by atoms with Crippen LogP contribution in [0, 0.1) is 5.92 Å². The van der Waals surface area contributed by atoms with Crippen molar-refractivity contribution in [1.82, 2.24) is 19.8 Å². The molecule has 1 N–H and O–H groups in total. The second-order valence-electron chi connectivity index (χ2n) is 9.27. The van der Waals surface area contributed by atoms with Crippen molar-refractivity contribution in [1.29, 1.82) is 0 Å². The molecule has 6 nitrogen and oxygen atoms in total. The number of carbonyl (C=O) groups excluding carboxylic acids is 1. The van der Waals surface area contributed by atoms with Gasteiger partial charge in [0, 0.05) is 56.0 Å². The fourth-order valence-corrected chi connectivity index (χ4v) is 5.46. The molecule has 0 unspecified atom stereocenters. The zero-order valence-corrected chi connectivity index (χ0v) is 18.0. The van der Waals surface area contributed by atoms with E-state index in [1.165, 1.54) is 30.3 Å². The van der Waals surface area contributed by atoms with Crippen LogP contribution in [0.15, 0.2) is 49.1 Å². The van der Waals surface area contributed by atoms with Gasteiger partial charge in [0.2, 0.25) is 5.91 Å². The third-order valence-corrected chi connectivity index (χ3v) is 7.19. The maximum Gasteiger partial charge on any atom is 0.222 e. The summed E-state index contributed by atoms with van der Waals surface area (Å²) in [6.45, 7) is 4.24. The van der Waals surface area contributed by atoms with Gasteiger partial charge in [-0.3, -0.25) is 9.69 Å². The van der Waals surface area contributed by atoms with Gasteiger partial charge in [-0.15, -0.1) is 0 Å². The number of aromatic nitrogens is 2. The molecule has 162 valence electrons. The molecule has 6 heteroatoms. The molecule has 3 heterocycles. The third-order valence-electron chi connectivity index (χ3n) is 7.19. The summed E-state index contributed by atoms with van der Waals surface area (Å²) in [4.78, 5) is 25.4. The van der Waals surface area contributed by atoms with Crippen LogP contribution in [-0.2, 0) is 11.3 Å². The molecular formula is C25H30N4O2. The van der Waals surface area contributed by atoms with Gasteiger partial charge in [-0.05, 0) is 36.8 Å². The van der Waals surface area contributed by atoms with Crippen LogP contribution in [0.1, 0.15) is 48.8 Å². The lowest BCUT2D eigenvalue weighted by molar-refractivity contribution is -0.200. The Morgan fingerprint density at radius 2 is 1.90 bits per heavy atom. The van der Waals surface area contributed by atoms with Crippen LogP contribution in [0.3, 0.4) is 0 Å². The summed E-state index contributed by atoms with van der Waals surface area (Å²) in [5.41, 5.74) is 3.31. The molecule has 31 heavy (non-hydrogen) atoms. The SMILES string of the molecule is C/C=C/c1ccc([C@@H]2[C@H](CO)N(Cc3cncnc3)C23CN(C(=O)CC2CC2)C3)cc1.